The summed E-state index contributed by atoms with van der Waals surface area (Å²) in [5, 5.41) is 25.2. The van der Waals surface area contributed by atoms with Gasteiger partial charge in [0.2, 0.25) is 5.95 Å². The number of carboxylic acids is 1. The zero-order valence-corrected chi connectivity index (χ0v) is 10.7. The molecular formula is C13H10N6O2. The maximum atomic E-state index is 10.9. The van der Waals surface area contributed by atoms with Gasteiger partial charge >= 0.3 is 5.97 Å². The zero-order chi connectivity index (χ0) is 15.0. The fourth-order valence-corrected chi connectivity index (χ4v) is 2.17. The smallest absolute Gasteiger partial charge is 0.335 e. The number of anilines is 1. The van der Waals surface area contributed by atoms with Gasteiger partial charge in [-0.25, -0.2) is 4.79 Å². The predicted octanol–water partition coefficient (Wildman–Crippen LogP) is 0.794. The Balaban J connectivity index is 2.05. The van der Waals surface area contributed by atoms with Crippen LogP contribution in [0.4, 0.5) is 5.95 Å². The lowest BCUT2D eigenvalue weighted by atomic mass is 9.97. The van der Waals surface area contributed by atoms with Gasteiger partial charge in [-0.1, -0.05) is 12.1 Å². The Morgan fingerprint density at radius 3 is 2.76 bits per heavy atom. The second-order valence-electron chi connectivity index (χ2n) is 4.41. The summed E-state index contributed by atoms with van der Waals surface area (Å²) in [5.41, 5.74) is 7.13. The lowest BCUT2D eigenvalue weighted by molar-refractivity contribution is 0.0697. The van der Waals surface area contributed by atoms with Crippen LogP contribution in [0.2, 0.25) is 0 Å². The number of hydrogen-bond acceptors (Lipinski definition) is 6. The SMILES string of the molecule is N#CC1=C(N)n2ncnc2N[C@@H]1c1ccc(C(=O)O)cc1. The van der Waals surface area contributed by atoms with Crippen LogP contribution >= 0.6 is 0 Å². The molecule has 1 aromatic carbocycles. The summed E-state index contributed by atoms with van der Waals surface area (Å²) in [6.45, 7) is 0. The number of nitrogens with one attached hydrogen (secondary N) is 1. The summed E-state index contributed by atoms with van der Waals surface area (Å²) in [6.07, 6.45) is 1.33. The third-order valence-corrected chi connectivity index (χ3v) is 3.23. The Morgan fingerprint density at radius 1 is 1.43 bits per heavy atom. The van der Waals surface area contributed by atoms with Crippen LogP contribution in [0.25, 0.3) is 5.82 Å². The van der Waals surface area contributed by atoms with Crippen molar-refractivity contribution in [2.24, 2.45) is 5.73 Å². The van der Waals surface area contributed by atoms with Crippen molar-refractivity contribution in [3.63, 3.8) is 0 Å². The number of carbonyl (C=O) groups is 1. The van der Waals surface area contributed by atoms with Crippen LogP contribution in [0.3, 0.4) is 0 Å². The van der Waals surface area contributed by atoms with Crippen LogP contribution < -0.4 is 11.1 Å². The molecule has 1 atom stereocenters. The van der Waals surface area contributed by atoms with E-state index in [0.29, 0.717) is 17.1 Å². The first-order valence-corrected chi connectivity index (χ1v) is 6.01. The Morgan fingerprint density at radius 2 is 2.14 bits per heavy atom. The lowest BCUT2D eigenvalue weighted by Crippen LogP contribution is -2.27. The van der Waals surface area contributed by atoms with Crippen molar-refractivity contribution in [1.29, 1.82) is 5.26 Å². The van der Waals surface area contributed by atoms with Gasteiger partial charge in [0, 0.05) is 0 Å². The van der Waals surface area contributed by atoms with Gasteiger partial charge in [-0.3, -0.25) is 0 Å². The van der Waals surface area contributed by atoms with Gasteiger partial charge in [0.25, 0.3) is 0 Å². The Bertz CT molecular complexity index is 784. The van der Waals surface area contributed by atoms with Gasteiger partial charge in [0.05, 0.1) is 17.2 Å². The van der Waals surface area contributed by atoms with E-state index in [2.05, 4.69) is 21.5 Å². The molecule has 0 fully saturated rings. The van der Waals surface area contributed by atoms with Crippen molar-refractivity contribution in [1.82, 2.24) is 14.8 Å². The molecule has 0 spiro atoms. The molecule has 8 nitrogen and oxygen atoms in total. The second-order valence-corrected chi connectivity index (χ2v) is 4.41. The molecule has 0 saturated carbocycles. The van der Waals surface area contributed by atoms with Crippen molar-refractivity contribution in [2.75, 3.05) is 5.32 Å². The highest BCUT2D eigenvalue weighted by molar-refractivity contribution is 5.87. The van der Waals surface area contributed by atoms with Crippen molar-refractivity contribution in [3.8, 4) is 6.07 Å². The van der Waals surface area contributed by atoms with Gasteiger partial charge in [-0.05, 0) is 17.7 Å². The van der Waals surface area contributed by atoms with Crippen molar-refractivity contribution in [3.05, 3.63) is 47.3 Å². The van der Waals surface area contributed by atoms with Crippen LogP contribution in [-0.2, 0) is 0 Å². The van der Waals surface area contributed by atoms with Gasteiger partial charge < -0.3 is 16.2 Å². The number of aromatic nitrogens is 3. The van der Waals surface area contributed by atoms with Crippen LogP contribution in [0.1, 0.15) is 22.0 Å². The minimum atomic E-state index is -1.01. The summed E-state index contributed by atoms with van der Waals surface area (Å²) in [6, 6.07) is 7.79. The molecule has 0 bridgehead atoms. The average molecular weight is 282 g/mol. The fraction of sp³-hybridized carbons (Fsp3) is 0.0769. The molecule has 4 N–H and O–H groups in total. The van der Waals surface area contributed by atoms with E-state index in [1.165, 1.54) is 23.1 Å². The monoisotopic (exact) mass is 282 g/mol. The standard InChI is InChI=1S/C13H10N6O2/c14-5-9-10(7-1-3-8(4-2-7)12(20)21)18-13-16-6-17-19(13)11(9)15/h1-4,6,10H,15H2,(H,20,21)(H,16,17,18)/t10-/m1/s1. The Kier molecular flexibility index (Phi) is 2.80. The van der Waals surface area contributed by atoms with Crippen molar-refractivity contribution >= 4 is 17.7 Å². The number of aromatic carboxylic acids is 1. The molecule has 1 aliphatic rings. The van der Waals surface area contributed by atoms with Gasteiger partial charge in [-0.2, -0.15) is 20.0 Å². The zero-order valence-electron chi connectivity index (χ0n) is 10.7. The molecule has 8 heteroatoms. The van der Waals surface area contributed by atoms with E-state index in [1.807, 2.05) is 0 Å². The minimum Gasteiger partial charge on any atom is -0.478 e. The molecule has 1 aliphatic heterocycles. The number of fused-ring (bicyclic) bond motifs is 1. The van der Waals surface area contributed by atoms with E-state index in [0.717, 1.165) is 0 Å². The topological polar surface area (TPSA) is 130 Å². The van der Waals surface area contributed by atoms with E-state index >= 15 is 0 Å². The molecule has 2 aromatic rings. The van der Waals surface area contributed by atoms with E-state index in [-0.39, 0.29) is 11.4 Å². The molecule has 2 heterocycles. The molecule has 0 radical (unpaired) electrons. The Hall–Kier alpha value is -3.34. The molecule has 1 aromatic heterocycles. The summed E-state index contributed by atoms with van der Waals surface area (Å²) in [4.78, 5) is 14.9. The maximum absolute atomic E-state index is 10.9. The second kappa shape index (κ2) is 4.64. The molecule has 0 aliphatic carbocycles. The fourth-order valence-electron chi connectivity index (χ4n) is 2.17. The molecular weight excluding hydrogens is 272 g/mol. The number of hydrogen-bond donors (Lipinski definition) is 3. The first-order valence-electron chi connectivity index (χ1n) is 6.01. The first kappa shape index (κ1) is 12.7. The molecule has 0 amide bonds. The molecule has 3 rings (SSSR count). The van der Waals surface area contributed by atoms with Gasteiger partial charge in [-0.15, -0.1) is 0 Å². The predicted molar refractivity (Wildman–Crippen MR) is 72.8 cm³/mol. The molecule has 0 unspecified atom stereocenters. The van der Waals surface area contributed by atoms with Crippen LogP contribution in [0, 0.1) is 11.3 Å². The lowest BCUT2D eigenvalue weighted by Gasteiger charge is -2.25. The summed E-state index contributed by atoms with van der Waals surface area (Å²) in [7, 11) is 0. The number of nitriles is 1. The van der Waals surface area contributed by atoms with Crippen LogP contribution in [-0.4, -0.2) is 25.8 Å². The highest BCUT2D eigenvalue weighted by atomic mass is 16.4. The van der Waals surface area contributed by atoms with Crippen molar-refractivity contribution in [2.45, 2.75) is 6.04 Å². The number of benzene rings is 1. The van der Waals surface area contributed by atoms with E-state index in [9.17, 15) is 10.1 Å². The summed E-state index contributed by atoms with van der Waals surface area (Å²) < 4.78 is 1.35. The van der Waals surface area contributed by atoms with Crippen molar-refractivity contribution < 1.29 is 9.90 Å². The number of nitrogens with zero attached hydrogens (tertiary/aromatic N) is 4. The first-order chi connectivity index (χ1) is 10.1. The van der Waals surface area contributed by atoms with E-state index in [4.69, 9.17) is 10.8 Å². The van der Waals surface area contributed by atoms with E-state index in [1.54, 1.807) is 12.1 Å². The highest BCUT2D eigenvalue weighted by Crippen LogP contribution is 2.32. The summed E-state index contributed by atoms with van der Waals surface area (Å²) in [5.74, 6) is -0.372. The Labute approximate surface area is 119 Å². The van der Waals surface area contributed by atoms with Gasteiger partial charge in [0.15, 0.2) is 0 Å². The third kappa shape index (κ3) is 1.97. The quantitative estimate of drug-likeness (QED) is 0.742. The third-order valence-electron chi connectivity index (χ3n) is 3.23. The molecule has 0 saturated heterocycles. The molecule has 104 valence electrons. The largest absolute Gasteiger partial charge is 0.478 e. The highest BCUT2D eigenvalue weighted by Gasteiger charge is 2.28. The normalized spacial score (nSPS) is 16.8. The minimum absolute atomic E-state index is 0.174. The number of rotatable bonds is 2. The maximum Gasteiger partial charge on any atom is 0.335 e. The van der Waals surface area contributed by atoms with Crippen LogP contribution in [0.5, 0.6) is 0 Å². The molecule has 21 heavy (non-hydrogen) atoms. The van der Waals surface area contributed by atoms with Gasteiger partial charge in [0.1, 0.15) is 18.2 Å². The van der Waals surface area contributed by atoms with E-state index < -0.39 is 12.0 Å². The average Bonchev–Trinajstić information content (AvgIpc) is 2.96. The number of nitrogens with two attached hydrogens (primary N) is 1. The number of carboxylic acid groups (broad SMARTS) is 1. The summed E-state index contributed by atoms with van der Waals surface area (Å²) >= 11 is 0. The van der Waals surface area contributed by atoms with Crippen LogP contribution in [0.15, 0.2) is 36.2 Å².